The van der Waals surface area contributed by atoms with Gasteiger partial charge in [-0.05, 0) is 25.3 Å². The maximum Gasteiger partial charge on any atom is 0.269 e. The molecule has 0 spiro atoms. The summed E-state index contributed by atoms with van der Waals surface area (Å²) in [6.07, 6.45) is 0.903. The Morgan fingerprint density at radius 2 is 2.10 bits per heavy atom. The molecule has 0 radical (unpaired) electrons. The lowest BCUT2D eigenvalue weighted by Gasteiger charge is -2.31. The van der Waals surface area contributed by atoms with Gasteiger partial charge < -0.3 is 10.4 Å². The van der Waals surface area contributed by atoms with Crippen molar-refractivity contribution in [2.75, 3.05) is 6.54 Å². The normalized spacial score (nSPS) is 17.2. The van der Waals surface area contributed by atoms with Crippen LogP contribution in [0.1, 0.15) is 45.7 Å². The zero-order valence-corrected chi connectivity index (χ0v) is 12.6. The van der Waals surface area contributed by atoms with Crippen molar-refractivity contribution in [1.82, 2.24) is 5.32 Å². The fraction of sp³-hybridized carbons (Fsp3) is 0.600. The van der Waals surface area contributed by atoms with Gasteiger partial charge in [0, 0.05) is 24.7 Å². The molecule has 0 saturated carbocycles. The van der Waals surface area contributed by atoms with Crippen LogP contribution in [0.5, 0.6) is 0 Å². The fourth-order valence-electron chi connectivity index (χ4n) is 2.00. The number of benzene rings is 1. The molecule has 20 heavy (non-hydrogen) atoms. The lowest BCUT2D eigenvalue weighted by molar-refractivity contribution is -0.384. The molecule has 1 aromatic carbocycles. The number of hydrogen-bond acceptors (Lipinski definition) is 4. The van der Waals surface area contributed by atoms with Crippen LogP contribution >= 0.6 is 0 Å². The predicted octanol–water partition coefficient (Wildman–Crippen LogP) is 3.04. The zero-order chi connectivity index (χ0) is 15.3. The van der Waals surface area contributed by atoms with Crippen LogP contribution in [-0.2, 0) is 0 Å². The topological polar surface area (TPSA) is 75.4 Å². The van der Waals surface area contributed by atoms with Gasteiger partial charge in [0.2, 0.25) is 0 Å². The molecule has 3 unspecified atom stereocenters. The number of non-ortho nitro benzene ring substituents is 1. The van der Waals surface area contributed by atoms with Gasteiger partial charge in [0.05, 0.1) is 10.5 Å². The molecule has 0 bridgehead atoms. The summed E-state index contributed by atoms with van der Waals surface area (Å²) in [5, 5.41) is 24.4. The van der Waals surface area contributed by atoms with E-state index in [0.717, 1.165) is 12.0 Å². The number of nitrogens with zero attached hydrogens (tertiary/aromatic N) is 1. The lowest BCUT2D eigenvalue weighted by Crippen LogP contribution is -2.43. The van der Waals surface area contributed by atoms with E-state index in [4.69, 9.17) is 0 Å². The molecular formula is C15H24N2O3. The van der Waals surface area contributed by atoms with Crippen molar-refractivity contribution in [2.24, 2.45) is 5.92 Å². The van der Waals surface area contributed by atoms with Gasteiger partial charge in [0.25, 0.3) is 5.69 Å². The second kappa shape index (κ2) is 6.81. The maximum atomic E-state index is 10.8. The van der Waals surface area contributed by atoms with E-state index in [-0.39, 0.29) is 17.6 Å². The van der Waals surface area contributed by atoms with Gasteiger partial charge in [-0.15, -0.1) is 0 Å². The van der Waals surface area contributed by atoms with Gasteiger partial charge in [0.15, 0.2) is 0 Å². The molecule has 0 aliphatic rings. The fourth-order valence-corrected chi connectivity index (χ4v) is 2.00. The summed E-state index contributed by atoms with van der Waals surface area (Å²) >= 11 is 0. The summed E-state index contributed by atoms with van der Waals surface area (Å²) in [5.74, 6) is 0.187. The second-order valence-corrected chi connectivity index (χ2v) is 5.62. The van der Waals surface area contributed by atoms with E-state index < -0.39 is 10.5 Å². The van der Waals surface area contributed by atoms with Crippen molar-refractivity contribution in [1.29, 1.82) is 0 Å². The van der Waals surface area contributed by atoms with E-state index in [1.807, 2.05) is 33.8 Å². The molecule has 0 saturated heterocycles. The van der Waals surface area contributed by atoms with Crippen LogP contribution in [-0.4, -0.2) is 22.2 Å². The summed E-state index contributed by atoms with van der Waals surface area (Å²) in [6, 6.07) is 6.52. The summed E-state index contributed by atoms with van der Waals surface area (Å²) in [5.41, 5.74) is 0.146. The van der Waals surface area contributed by atoms with E-state index in [1.54, 1.807) is 12.1 Å². The first-order valence-electron chi connectivity index (χ1n) is 6.98. The third-order valence-corrected chi connectivity index (χ3v) is 4.02. The Balaban J connectivity index is 2.70. The molecule has 0 amide bonds. The minimum absolute atomic E-state index is 0.0505. The highest BCUT2D eigenvalue weighted by atomic mass is 16.6. The van der Waals surface area contributed by atoms with Crippen LogP contribution in [0.2, 0.25) is 0 Å². The number of aliphatic hydroxyl groups is 1. The highest BCUT2D eigenvalue weighted by Crippen LogP contribution is 2.22. The van der Waals surface area contributed by atoms with Crippen molar-refractivity contribution < 1.29 is 10.0 Å². The Bertz CT molecular complexity index is 460. The van der Waals surface area contributed by atoms with E-state index in [2.05, 4.69) is 5.32 Å². The molecule has 0 aliphatic heterocycles. The smallest absolute Gasteiger partial charge is 0.269 e. The zero-order valence-electron chi connectivity index (χ0n) is 12.6. The van der Waals surface area contributed by atoms with Gasteiger partial charge in [0.1, 0.15) is 0 Å². The third-order valence-electron chi connectivity index (χ3n) is 4.02. The number of nitro groups is 1. The molecule has 2 N–H and O–H groups in total. The second-order valence-electron chi connectivity index (χ2n) is 5.62. The third kappa shape index (κ3) is 4.28. The summed E-state index contributed by atoms with van der Waals surface area (Å²) in [7, 11) is 0. The minimum atomic E-state index is -0.788. The van der Waals surface area contributed by atoms with E-state index in [1.165, 1.54) is 6.07 Å². The largest absolute Gasteiger partial charge is 0.389 e. The van der Waals surface area contributed by atoms with Crippen molar-refractivity contribution in [3.05, 3.63) is 39.9 Å². The average Bonchev–Trinajstić information content (AvgIpc) is 2.43. The van der Waals surface area contributed by atoms with E-state index >= 15 is 0 Å². The van der Waals surface area contributed by atoms with Crippen LogP contribution in [0.15, 0.2) is 24.3 Å². The number of nitrogens with one attached hydrogen (secondary N) is 1. The van der Waals surface area contributed by atoms with Gasteiger partial charge in [-0.2, -0.15) is 0 Å². The Labute approximate surface area is 120 Å². The molecule has 112 valence electrons. The summed E-state index contributed by atoms with van der Waals surface area (Å²) < 4.78 is 0. The molecule has 0 heterocycles. The Morgan fingerprint density at radius 1 is 1.45 bits per heavy atom. The van der Waals surface area contributed by atoms with Crippen LogP contribution < -0.4 is 5.32 Å². The van der Waals surface area contributed by atoms with Crippen molar-refractivity contribution in [3.8, 4) is 0 Å². The predicted molar refractivity (Wildman–Crippen MR) is 79.6 cm³/mol. The molecule has 0 fully saturated rings. The highest BCUT2D eigenvalue weighted by molar-refractivity contribution is 5.35. The Morgan fingerprint density at radius 3 is 2.65 bits per heavy atom. The van der Waals surface area contributed by atoms with Crippen molar-refractivity contribution >= 4 is 5.69 Å². The van der Waals surface area contributed by atoms with Crippen molar-refractivity contribution in [2.45, 2.75) is 45.8 Å². The summed E-state index contributed by atoms with van der Waals surface area (Å²) in [4.78, 5) is 10.4. The van der Waals surface area contributed by atoms with Crippen LogP contribution in [0.25, 0.3) is 0 Å². The number of hydrogen-bond donors (Lipinski definition) is 2. The first-order valence-corrected chi connectivity index (χ1v) is 6.98. The maximum absolute atomic E-state index is 10.8. The molecule has 0 aliphatic carbocycles. The Hall–Kier alpha value is -1.46. The molecule has 5 heteroatoms. The summed E-state index contributed by atoms with van der Waals surface area (Å²) in [6.45, 7) is 8.26. The van der Waals surface area contributed by atoms with Crippen LogP contribution in [0.4, 0.5) is 5.69 Å². The lowest BCUT2D eigenvalue weighted by atomic mass is 9.88. The first kappa shape index (κ1) is 16.6. The number of nitro benzene ring substituents is 1. The van der Waals surface area contributed by atoms with Crippen LogP contribution in [0.3, 0.4) is 0 Å². The monoisotopic (exact) mass is 280 g/mol. The Kier molecular flexibility index (Phi) is 5.65. The highest BCUT2D eigenvalue weighted by Gasteiger charge is 2.27. The molecule has 1 rings (SSSR count). The molecule has 0 aromatic heterocycles. The quantitative estimate of drug-likeness (QED) is 0.594. The SMILES string of the molecule is CCC(C)C(C)(O)CNC(C)c1cccc([N+](=O)[O-])c1. The van der Waals surface area contributed by atoms with E-state index in [0.29, 0.717) is 6.54 Å². The molecule has 1 aromatic rings. The average molecular weight is 280 g/mol. The molecule has 3 atom stereocenters. The van der Waals surface area contributed by atoms with Gasteiger partial charge in [-0.1, -0.05) is 32.4 Å². The minimum Gasteiger partial charge on any atom is -0.389 e. The van der Waals surface area contributed by atoms with Gasteiger partial charge >= 0.3 is 0 Å². The van der Waals surface area contributed by atoms with Gasteiger partial charge in [-0.25, -0.2) is 0 Å². The molecule has 5 nitrogen and oxygen atoms in total. The van der Waals surface area contributed by atoms with Gasteiger partial charge in [-0.3, -0.25) is 10.1 Å². The molecular weight excluding hydrogens is 256 g/mol. The first-order chi connectivity index (χ1) is 9.27. The standard InChI is InChI=1S/C15H24N2O3/c1-5-11(2)15(4,18)10-16-12(3)13-7-6-8-14(9-13)17(19)20/h6-9,11-12,16,18H,5,10H2,1-4H3. The van der Waals surface area contributed by atoms with Crippen LogP contribution in [0, 0.1) is 16.0 Å². The number of rotatable bonds is 7. The van der Waals surface area contributed by atoms with E-state index in [9.17, 15) is 15.2 Å². The van der Waals surface area contributed by atoms with Crippen molar-refractivity contribution in [3.63, 3.8) is 0 Å².